The Kier molecular flexibility index (Phi) is 4.66. The van der Waals surface area contributed by atoms with Gasteiger partial charge in [0.25, 0.3) is 0 Å². The van der Waals surface area contributed by atoms with Gasteiger partial charge in [-0.15, -0.1) is 0 Å². The Balaban J connectivity index is 2.07. The first-order chi connectivity index (χ1) is 9.06. The van der Waals surface area contributed by atoms with Crippen molar-refractivity contribution in [2.75, 3.05) is 25.1 Å². The number of hydrogen-bond donors (Lipinski definition) is 2. The quantitative estimate of drug-likeness (QED) is 0.652. The Labute approximate surface area is 126 Å². The molecule has 0 bridgehead atoms. The minimum atomic E-state index is 0.542. The van der Waals surface area contributed by atoms with Gasteiger partial charge in [0, 0.05) is 23.2 Å². The molecule has 0 aromatic heterocycles. The molecule has 1 heterocycles. The SMILES string of the molecule is C=C(C)CNC(=S)Nc1cc2c(cc1Br)OCCO2. The molecule has 0 radical (unpaired) electrons. The Morgan fingerprint density at radius 1 is 1.37 bits per heavy atom. The van der Waals surface area contributed by atoms with Gasteiger partial charge in [0.15, 0.2) is 16.6 Å². The van der Waals surface area contributed by atoms with E-state index < -0.39 is 0 Å². The standard InChI is InChI=1S/C13H15BrN2O2S/c1-8(2)7-15-13(19)16-10-6-12-11(5-9(10)14)17-3-4-18-12/h5-6H,1,3-4,7H2,2H3,(H2,15,16,19). The van der Waals surface area contributed by atoms with Gasteiger partial charge in [0.05, 0.1) is 5.69 Å². The lowest BCUT2D eigenvalue weighted by atomic mass is 10.2. The number of rotatable bonds is 3. The molecule has 4 nitrogen and oxygen atoms in total. The molecule has 0 aliphatic carbocycles. The summed E-state index contributed by atoms with van der Waals surface area (Å²) in [5, 5.41) is 6.72. The maximum atomic E-state index is 5.54. The zero-order valence-corrected chi connectivity index (χ0v) is 13.0. The predicted molar refractivity (Wildman–Crippen MR) is 84.2 cm³/mol. The van der Waals surface area contributed by atoms with Crippen molar-refractivity contribution < 1.29 is 9.47 Å². The van der Waals surface area contributed by atoms with Crippen molar-refractivity contribution in [2.45, 2.75) is 6.92 Å². The summed E-state index contributed by atoms with van der Waals surface area (Å²) < 4.78 is 11.9. The van der Waals surface area contributed by atoms with Crippen LogP contribution in [0.2, 0.25) is 0 Å². The lowest BCUT2D eigenvalue weighted by molar-refractivity contribution is 0.171. The van der Waals surface area contributed by atoms with Crippen molar-refractivity contribution in [1.29, 1.82) is 0 Å². The number of thiocarbonyl (C=S) groups is 1. The molecule has 0 saturated heterocycles. The van der Waals surface area contributed by atoms with Gasteiger partial charge < -0.3 is 20.1 Å². The van der Waals surface area contributed by atoms with Crippen molar-refractivity contribution >= 4 is 38.9 Å². The van der Waals surface area contributed by atoms with Crippen molar-refractivity contribution in [3.8, 4) is 11.5 Å². The highest BCUT2D eigenvalue weighted by molar-refractivity contribution is 9.10. The molecule has 1 aromatic carbocycles. The van der Waals surface area contributed by atoms with Crippen LogP contribution in [0.5, 0.6) is 11.5 Å². The zero-order valence-electron chi connectivity index (χ0n) is 10.6. The number of hydrogen-bond acceptors (Lipinski definition) is 3. The first kappa shape index (κ1) is 14.1. The average Bonchev–Trinajstić information content (AvgIpc) is 2.37. The van der Waals surface area contributed by atoms with E-state index in [1.54, 1.807) is 0 Å². The molecular weight excluding hydrogens is 328 g/mol. The molecule has 6 heteroatoms. The number of ether oxygens (including phenoxy) is 2. The summed E-state index contributed by atoms with van der Waals surface area (Å²) in [6.07, 6.45) is 0. The van der Waals surface area contributed by atoms with Crippen LogP contribution in [-0.2, 0) is 0 Å². The number of fused-ring (bicyclic) bond motifs is 1. The zero-order chi connectivity index (χ0) is 13.8. The second-order valence-corrected chi connectivity index (χ2v) is 5.50. The van der Waals surface area contributed by atoms with Gasteiger partial charge >= 0.3 is 0 Å². The Morgan fingerprint density at radius 2 is 2.00 bits per heavy atom. The van der Waals surface area contributed by atoms with Crippen LogP contribution < -0.4 is 20.1 Å². The summed E-state index contributed by atoms with van der Waals surface area (Å²) in [7, 11) is 0. The highest BCUT2D eigenvalue weighted by Gasteiger charge is 2.15. The third-order valence-corrected chi connectivity index (χ3v) is 3.33. The number of benzene rings is 1. The molecule has 2 rings (SSSR count). The predicted octanol–water partition coefficient (Wildman–Crippen LogP) is 3.08. The normalized spacial score (nSPS) is 12.7. The van der Waals surface area contributed by atoms with E-state index in [1.807, 2.05) is 19.1 Å². The summed E-state index contributed by atoms with van der Waals surface area (Å²) in [5.74, 6) is 1.46. The molecule has 19 heavy (non-hydrogen) atoms. The van der Waals surface area contributed by atoms with E-state index in [4.69, 9.17) is 21.7 Å². The Morgan fingerprint density at radius 3 is 2.63 bits per heavy atom. The van der Waals surface area contributed by atoms with Gasteiger partial charge in [0.1, 0.15) is 13.2 Å². The topological polar surface area (TPSA) is 42.5 Å². The Bertz CT molecular complexity index is 520. The van der Waals surface area contributed by atoms with E-state index in [2.05, 4.69) is 33.1 Å². The van der Waals surface area contributed by atoms with Crippen molar-refractivity contribution in [1.82, 2.24) is 5.32 Å². The fraction of sp³-hybridized carbons (Fsp3) is 0.308. The monoisotopic (exact) mass is 342 g/mol. The van der Waals surface area contributed by atoms with Gasteiger partial charge in [-0.1, -0.05) is 12.2 Å². The first-order valence-electron chi connectivity index (χ1n) is 5.84. The summed E-state index contributed by atoms with van der Waals surface area (Å²) >= 11 is 8.69. The van der Waals surface area contributed by atoms with Crippen molar-refractivity contribution in [2.24, 2.45) is 0 Å². The van der Waals surface area contributed by atoms with Gasteiger partial charge in [-0.05, 0) is 35.1 Å². The molecule has 0 spiro atoms. The summed E-state index contributed by atoms with van der Waals surface area (Å²) in [6.45, 7) is 7.54. The van der Waals surface area contributed by atoms with Crippen LogP contribution in [0.25, 0.3) is 0 Å². The Hall–Kier alpha value is -1.27. The fourth-order valence-electron chi connectivity index (χ4n) is 1.56. The molecule has 102 valence electrons. The third-order valence-electron chi connectivity index (χ3n) is 2.43. The first-order valence-corrected chi connectivity index (χ1v) is 7.05. The van der Waals surface area contributed by atoms with Crippen molar-refractivity contribution in [3.05, 3.63) is 28.8 Å². The highest BCUT2D eigenvalue weighted by atomic mass is 79.9. The molecule has 1 aliphatic heterocycles. The van der Waals surface area contributed by atoms with Gasteiger partial charge in [-0.2, -0.15) is 0 Å². The van der Waals surface area contributed by atoms with Crippen LogP contribution in [0, 0.1) is 0 Å². The average molecular weight is 343 g/mol. The second-order valence-electron chi connectivity index (χ2n) is 4.24. The number of anilines is 1. The van der Waals surface area contributed by atoms with E-state index in [0.717, 1.165) is 27.2 Å². The van der Waals surface area contributed by atoms with Crippen LogP contribution in [0.4, 0.5) is 5.69 Å². The van der Waals surface area contributed by atoms with E-state index >= 15 is 0 Å². The van der Waals surface area contributed by atoms with E-state index in [1.165, 1.54) is 0 Å². The van der Waals surface area contributed by atoms with E-state index in [0.29, 0.717) is 24.9 Å². The maximum absolute atomic E-state index is 5.54. The third kappa shape index (κ3) is 3.84. The van der Waals surface area contributed by atoms with Gasteiger partial charge in [-0.25, -0.2) is 0 Å². The maximum Gasteiger partial charge on any atom is 0.171 e. The number of nitrogens with one attached hydrogen (secondary N) is 2. The lowest BCUT2D eigenvalue weighted by Gasteiger charge is -2.20. The lowest BCUT2D eigenvalue weighted by Crippen LogP contribution is -2.29. The molecule has 1 aromatic rings. The minimum Gasteiger partial charge on any atom is -0.486 e. The molecule has 0 amide bonds. The minimum absolute atomic E-state index is 0.542. The largest absolute Gasteiger partial charge is 0.486 e. The van der Waals surface area contributed by atoms with Crippen molar-refractivity contribution in [3.63, 3.8) is 0 Å². The molecule has 0 saturated carbocycles. The fourth-order valence-corrected chi connectivity index (χ4v) is 2.16. The van der Waals surface area contributed by atoms with Gasteiger partial charge in [0.2, 0.25) is 0 Å². The summed E-state index contributed by atoms with van der Waals surface area (Å²) in [6, 6.07) is 3.74. The van der Waals surface area contributed by atoms with Gasteiger partial charge in [-0.3, -0.25) is 0 Å². The summed E-state index contributed by atoms with van der Waals surface area (Å²) in [4.78, 5) is 0. The molecule has 0 unspecified atom stereocenters. The smallest absolute Gasteiger partial charge is 0.171 e. The molecule has 1 aliphatic rings. The number of halogens is 1. The van der Waals surface area contributed by atoms with E-state index in [9.17, 15) is 0 Å². The molecule has 2 N–H and O–H groups in total. The molecule has 0 atom stereocenters. The second kappa shape index (κ2) is 6.25. The molecule has 0 fully saturated rings. The van der Waals surface area contributed by atoms with Crippen LogP contribution in [-0.4, -0.2) is 24.9 Å². The highest BCUT2D eigenvalue weighted by Crippen LogP contribution is 2.38. The molecular formula is C13H15BrN2O2S. The van der Waals surface area contributed by atoms with Crippen LogP contribution in [0.3, 0.4) is 0 Å². The van der Waals surface area contributed by atoms with Crippen LogP contribution in [0.15, 0.2) is 28.8 Å². The van der Waals surface area contributed by atoms with Crippen LogP contribution in [0.1, 0.15) is 6.92 Å². The van der Waals surface area contributed by atoms with E-state index in [-0.39, 0.29) is 0 Å². The van der Waals surface area contributed by atoms with Crippen LogP contribution >= 0.6 is 28.1 Å². The summed E-state index contributed by atoms with van der Waals surface area (Å²) in [5.41, 5.74) is 1.86.